The van der Waals surface area contributed by atoms with E-state index in [0.717, 1.165) is 17.9 Å². The molecule has 0 aromatic heterocycles. The lowest BCUT2D eigenvalue weighted by Crippen LogP contribution is -1.93. The summed E-state index contributed by atoms with van der Waals surface area (Å²) in [4.78, 5) is 0. The van der Waals surface area contributed by atoms with Gasteiger partial charge in [0, 0.05) is 11.5 Å². The molecule has 0 atom stereocenters. The van der Waals surface area contributed by atoms with Crippen molar-refractivity contribution < 1.29 is 0 Å². The fourth-order valence-corrected chi connectivity index (χ4v) is 0.981. The maximum atomic E-state index is 3.14. The molecule has 0 bridgehead atoms. The van der Waals surface area contributed by atoms with E-state index >= 15 is 0 Å². The monoisotopic (exact) mass is 98.0 g/mol. The van der Waals surface area contributed by atoms with E-state index in [0.29, 0.717) is 0 Å². The van der Waals surface area contributed by atoms with Crippen molar-refractivity contribution in [3.8, 4) is 0 Å². The van der Waals surface area contributed by atoms with E-state index in [2.05, 4.69) is 12.8 Å². The average molecular weight is 98.2 g/mol. The van der Waals surface area contributed by atoms with E-state index in [9.17, 15) is 0 Å². The first-order valence-corrected chi connectivity index (χ1v) is 3.15. The Bertz CT molecular complexity index is 19.4. The molecule has 0 spiro atoms. The minimum absolute atomic E-state index is 0.979. The van der Waals surface area contributed by atoms with E-state index in [1.54, 1.807) is 0 Å². The third-order valence-corrected chi connectivity index (χ3v) is 1.47. The second-order valence-corrected chi connectivity index (χ2v) is 2.16. The minimum Gasteiger partial charge on any atom is -0.161 e. The predicted molar refractivity (Wildman–Crippen MR) is 28.4 cm³/mol. The van der Waals surface area contributed by atoms with Gasteiger partial charge >= 0.3 is 0 Å². The van der Waals surface area contributed by atoms with Crippen LogP contribution < -0.4 is 0 Å². The lowest BCUT2D eigenvalue weighted by Gasteiger charge is -2.04. The topological polar surface area (TPSA) is 0 Å². The molecule has 0 aromatic carbocycles. The summed E-state index contributed by atoms with van der Waals surface area (Å²) in [6, 6.07) is 0. The molecule has 1 heterocycles. The maximum Gasteiger partial charge on any atom is 0.000132 e. The van der Waals surface area contributed by atoms with Gasteiger partial charge in [-0.15, -0.1) is 0 Å². The molecule has 1 fully saturated rings. The number of hydrogen-bond donors (Lipinski definition) is 0. The largest absolute Gasteiger partial charge is 0.161 e. The predicted octanol–water partition coefficient (Wildman–Crippen LogP) is 1.29. The van der Waals surface area contributed by atoms with Gasteiger partial charge in [-0.2, -0.15) is 11.8 Å². The van der Waals surface area contributed by atoms with Crippen LogP contribution in [0.15, 0.2) is 0 Å². The molecular formula is C5H6S. The van der Waals surface area contributed by atoms with Gasteiger partial charge in [-0.3, -0.25) is 0 Å². The highest BCUT2D eigenvalue weighted by molar-refractivity contribution is 7.99. The van der Waals surface area contributed by atoms with Gasteiger partial charge in [0.1, 0.15) is 0 Å². The molecule has 1 aliphatic heterocycles. The summed E-state index contributed by atoms with van der Waals surface area (Å²) in [5, 5.41) is 0. The Labute approximate surface area is 43.3 Å². The maximum absolute atomic E-state index is 3.14. The molecule has 0 unspecified atom stereocenters. The lowest BCUT2D eigenvalue weighted by molar-refractivity contribution is 1.09. The van der Waals surface area contributed by atoms with E-state index in [-0.39, 0.29) is 0 Å². The quantitative estimate of drug-likeness (QED) is 0.440. The molecular weight excluding hydrogens is 92.1 g/mol. The van der Waals surface area contributed by atoms with Crippen LogP contribution >= 0.6 is 11.8 Å². The third kappa shape index (κ3) is 1.21. The lowest BCUT2D eigenvalue weighted by atomic mass is 10.3. The average Bonchev–Trinajstić information content (AvgIpc) is 1.72. The van der Waals surface area contributed by atoms with Crippen molar-refractivity contribution >= 4 is 11.8 Å². The second kappa shape index (κ2) is 2.51. The summed E-state index contributed by atoms with van der Waals surface area (Å²) < 4.78 is 0. The molecule has 32 valence electrons. The van der Waals surface area contributed by atoms with E-state index < -0.39 is 0 Å². The van der Waals surface area contributed by atoms with Gasteiger partial charge in [-0.1, -0.05) is 0 Å². The van der Waals surface area contributed by atoms with Crippen LogP contribution in [0, 0.1) is 12.8 Å². The number of rotatable bonds is 0. The zero-order valence-corrected chi connectivity index (χ0v) is 4.35. The van der Waals surface area contributed by atoms with Crippen LogP contribution in [-0.4, -0.2) is 11.5 Å². The van der Waals surface area contributed by atoms with Gasteiger partial charge in [-0.05, 0) is 19.3 Å². The molecule has 0 aliphatic carbocycles. The van der Waals surface area contributed by atoms with Gasteiger partial charge in [0.2, 0.25) is 0 Å². The van der Waals surface area contributed by atoms with Crippen LogP contribution in [0.1, 0.15) is 6.42 Å². The molecule has 1 heteroatoms. The molecule has 1 saturated heterocycles. The first-order chi connectivity index (χ1) is 3.00. The number of hydrogen-bond acceptors (Lipinski definition) is 1. The summed E-state index contributed by atoms with van der Waals surface area (Å²) >= 11 is 1.87. The molecule has 4 radical (unpaired) electrons. The molecule has 0 nitrogen and oxygen atoms in total. The van der Waals surface area contributed by atoms with Gasteiger partial charge in [0.25, 0.3) is 0 Å². The van der Waals surface area contributed by atoms with Crippen LogP contribution in [0.5, 0.6) is 0 Å². The Balaban J connectivity index is 2.00. The molecule has 0 N–H and O–H groups in total. The van der Waals surface area contributed by atoms with Gasteiger partial charge in [0.05, 0.1) is 0 Å². The Hall–Kier alpha value is 0.350. The second-order valence-electron chi connectivity index (χ2n) is 1.17. The molecule has 0 saturated carbocycles. The van der Waals surface area contributed by atoms with Crippen molar-refractivity contribution in [1.29, 1.82) is 0 Å². The highest BCUT2D eigenvalue weighted by Crippen LogP contribution is 2.13. The van der Waals surface area contributed by atoms with Crippen LogP contribution in [0.4, 0.5) is 0 Å². The molecule has 6 heavy (non-hydrogen) atoms. The summed E-state index contributed by atoms with van der Waals surface area (Å²) in [6.45, 7) is 0. The highest BCUT2D eigenvalue weighted by Gasteiger charge is 1.97. The SMILES string of the molecule is [C]1C[C]CSC1. The standard InChI is InChI=1S/C5H6S/c1-2-4-6-5-3-1/h1,4-5H2. The Morgan fingerprint density at radius 3 is 2.00 bits per heavy atom. The minimum atomic E-state index is 0.979. The molecule has 0 aromatic rings. The van der Waals surface area contributed by atoms with Gasteiger partial charge < -0.3 is 0 Å². The normalized spacial score (nSPS) is 24.0. The first-order valence-electron chi connectivity index (χ1n) is 1.99. The van der Waals surface area contributed by atoms with E-state index in [1.807, 2.05) is 11.8 Å². The molecule has 0 amide bonds. The van der Waals surface area contributed by atoms with Crippen molar-refractivity contribution in [2.24, 2.45) is 0 Å². The van der Waals surface area contributed by atoms with Crippen molar-refractivity contribution in [1.82, 2.24) is 0 Å². The first kappa shape index (κ1) is 4.51. The zero-order chi connectivity index (χ0) is 4.24. The molecule has 1 aliphatic rings. The van der Waals surface area contributed by atoms with Crippen LogP contribution in [0.2, 0.25) is 0 Å². The zero-order valence-electron chi connectivity index (χ0n) is 3.53. The fraction of sp³-hybridized carbons (Fsp3) is 0.600. The van der Waals surface area contributed by atoms with Crippen molar-refractivity contribution in [3.05, 3.63) is 12.8 Å². The van der Waals surface area contributed by atoms with Gasteiger partial charge in [-0.25, -0.2) is 0 Å². The van der Waals surface area contributed by atoms with Crippen molar-refractivity contribution in [3.63, 3.8) is 0 Å². The summed E-state index contributed by atoms with van der Waals surface area (Å²) in [7, 11) is 0. The third-order valence-electron chi connectivity index (χ3n) is 0.658. The van der Waals surface area contributed by atoms with Crippen molar-refractivity contribution in [2.75, 3.05) is 11.5 Å². The Morgan fingerprint density at radius 2 is 1.83 bits per heavy atom. The van der Waals surface area contributed by atoms with E-state index in [4.69, 9.17) is 0 Å². The summed E-state index contributed by atoms with van der Waals surface area (Å²) in [5.41, 5.74) is 0. The van der Waals surface area contributed by atoms with E-state index in [1.165, 1.54) is 0 Å². The van der Waals surface area contributed by atoms with Crippen LogP contribution in [0.25, 0.3) is 0 Å². The smallest absolute Gasteiger partial charge is 0.000132 e. The van der Waals surface area contributed by atoms with Gasteiger partial charge in [0.15, 0.2) is 0 Å². The van der Waals surface area contributed by atoms with Crippen LogP contribution in [0.3, 0.4) is 0 Å². The Morgan fingerprint density at radius 1 is 1.17 bits per heavy atom. The molecule has 1 rings (SSSR count). The summed E-state index contributed by atoms with van der Waals surface area (Å²) in [6.07, 6.45) is 7.25. The summed E-state index contributed by atoms with van der Waals surface area (Å²) in [5.74, 6) is 2.21. The Kier molecular flexibility index (Phi) is 1.89. The fourth-order valence-electron chi connectivity index (χ4n) is 0.386. The highest BCUT2D eigenvalue weighted by atomic mass is 32.2. The van der Waals surface area contributed by atoms with Crippen LogP contribution in [-0.2, 0) is 0 Å². The van der Waals surface area contributed by atoms with Crippen molar-refractivity contribution in [2.45, 2.75) is 6.42 Å². The number of thioether (sulfide) groups is 1.